The van der Waals surface area contributed by atoms with Gasteiger partial charge in [-0.15, -0.1) is 11.3 Å². The summed E-state index contributed by atoms with van der Waals surface area (Å²) in [6, 6.07) is 4.26. The van der Waals surface area contributed by atoms with Crippen LogP contribution in [0.4, 0.5) is 5.69 Å². The minimum absolute atomic E-state index is 0.168. The molecule has 0 unspecified atom stereocenters. The molecule has 0 aromatic carbocycles. The maximum atomic E-state index is 12.0. The molecule has 3 aromatic heterocycles. The predicted octanol–water partition coefficient (Wildman–Crippen LogP) is 2.76. The number of pyridine rings is 1. The van der Waals surface area contributed by atoms with Gasteiger partial charge in [-0.1, -0.05) is 6.42 Å². The number of piperidine rings is 1. The Morgan fingerprint density at radius 3 is 3.04 bits per heavy atom. The number of thiophene rings is 1. The van der Waals surface area contributed by atoms with E-state index < -0.39 is 0 Å². The number of amides is 1. The highest BCUT2D eigenvalue weighted by molar-refractivity contribution is 7.21. The van der Waals surface area contributed by atoms with Crippen LogP contribution < -0.4 is 11.1 Å². The van der Waals surface area contributed by atoms with Crippen LogP contribution in [0, 0.1) is 0 Å². The standard InChI is InChI=1S/C19H22N6OS/c1-21-18(26)17-16(20)13-5-6-14(24-19(13)27-17)15-4-2-3-9-25(15)11-12-10-22-7-8-23-12/h5-8,10,15H,2-4,9,11,20H2,1H3,(H,21,26)/t15-/m0/s1. The molecule has 0 aliphatic carbocycles. The molecule has 0 bridgehead atoms. The van der Waals surface area contributed by atoms with Gasteiger partial charge in [-0.3, -0.25) is 19.7 Å². The fourth-order valence-electron chi connectivity index (χ4n) is 3.61. The van der Waals surface area contributed by atoms with E-state index in [9.17, 15) is 4.79 Å². The molecule has 1 amide bonds. The molecule has 7 nitrogen and oxygen atoms in total. The number of fused-ring (bicyclic) bond motifs is 1. The van der Waals surface area contributed by atoms with Gasteiger partial charge in [-0.05, 0) is 31.5 Å². The van der Waals surface area contributed by atoms with Crippen LogP contribution in [0.1, 0.15) is 46.4 Å². The molecule has 1 saturated heterocycles. The number of carbonyl (C=O) groups excluding carboxylic acids is 1. The quantitative estimate of drug-likeness (QED) is 0.720. The van der Waals surface area contributed by atoms with Crippen molar-refractivity contribution in [2.45, 2.75) is 31.8 Å². The van der Waals surface area contributed by atoms with Crippen LogP contribution in [0.25, 0.3) is 10.2 Å². The molecule has 4 heterocycles. The largest absolute Gasteiger partial charge is 0.397 e. The molecular formula is C19H22N6OS. The Bertz CT molecular complexity index is 957. The van der Waals surface area contributed by atoms with Gasteiger partial charge in [0.25, 0.3) is 5.91 Å². The summed E-state index contributed by atoms with van der Waals surface area (Å²) in [5, 5.41) is 3.48. The van der Waals surface area contributed by atoms with Crippen LogP contribution in [-0.4, -0.2) is 39.4 Å². The number of rotatable bonds is 4. The van der Waals surface area contributed by atoms with Gasteiger partial charge < -0.3 is 11.1 Å². The average molecular weight is 382 g/mol. The Morgan fingerprint density at radius 2 is 2.26 bits per heavy atom. The van der Waals surface area contributed by atoms with E-state index in [2.05, 4.69) is 20.2 Å². The SMILES string of the molecule is CNC(=O)c1sc2nc([C@@H]3CCCCN3Cc3cnccn3)ccc2c1N. The molecule has 1 fully saturated rings. The van der Waals surface area contributed by atoms with Crippen LogP contribution in [0.15, 0.2) is 30.7 Å². The first-order valence-electron chi connectivity index (χ1n) is 9.07. The van der Waals surface area contributed by atoms with Gasteiger partial charge in [-0.2, -0.15) is 0 Å². The van der Waals surface area contributed by atoms with Gasteiger partial charge in [0.05, 0.1) is 23.1 Å². The number of hydrogen-bond donors (Lipinski definition) is 2. The zero-order valence-corrected chi connectivity index (χ0v) is 16.0. The second-order valence-corrected chi connectivity index (χ2v) is 7.69. The molecule has 27 heavy (non-hydrogen) atoms. The van der Waals surface area contributed by atoms with Crippen molar-refractivity contribution in [1.29, 1.82) is 0 Å². The average Bonchev–Trinajstić information content (AvgIpc) is 3.04. The first-order valence-corrected chi connectivity index (χ1v) is 9.89. The van der Waals surface area contributed by atoms with Gasteiger partial charge >= 0.3 is 0 Å². The predicted molar refractivity (Wildman–Crippen MR) is 106 cm³/mol. The van der Waals surface area contributed by atoms with Crippen molar-refractivity contribution < 1.29 is 4.79 Å². The van der Waals surface area contributed by atoms with E-state index >= 15 is 0 Å². The lowest BCUT2D eigenvalue weighted by Crippen LogP contribution is -2.33. The zero-order chi connectivity index (χ0) is 18.8. The highest BCUT2D eigenvalue weighted by Gasteiger charge is 2.26. The minimum atomic E-state index is -0.168. The molecule has 4 rings (SSSR count). The van der Waals surface area contributed by atoms with Crippen molar-refractivity contribution in [1.82, 2.24) is 25.2 Å². The van der Waals surface area contributed by atoms with E-state index in [1.165, 1.54) is 24.2 Å². The first kappa shape index (κ1) is 17.8. The van der Waals surface area contributed by atoms with Crippen molar-refractivity contribution in [3.8, 4) is 0 Å². The van der Waals surface area contributed by atoms with E-state index in [4.69, 9.17) is 10.7 Å². The van der Waals surface area contributed by atoms with Gasteiger partial charge in [-0.25, -0.2) is 4.98 Å². The van der Waals surface area contributed by atoms with Gasteiger partial charge in [0.2, 0.25) is 0 Å². The van der Waals surface area contributed by atoms with Gasteiger partial charge in [0.1, 0.15) is 9.71 Å². The lowest BCUT2D eigenvalue weighted by atomic mass is 9.98. The van der Waals surface area contributed by atoms with Crippen molar-refractivity contribution in [3.05, 3.63) is 47.0 Å². The Hall–Kier alpha value is -2.58. The number of aromatic nitrogens is 3. The molecule has 3 aromatic rings. The van der Waals surface area contributed by atoms with E-state index in [1.807, 2.05) is 18.3 Å². The van der Waals surface area contributed by atoms with E-state index in [0.717, 1.165) is 41.1 Å². The number of carbonyl (C=O) groups is 1. The van der Waals surface area contributed by atoms with Crippen molar-refractivity contribution in [2.75, 3.05) is 19.3 Å². The number of nitrogens with one attached hydrogen (secondary N) is 1. The fourth-order valence-corrected chi connectivity index (χ4v) is 4.66. The summed E-state index contributed by atoms with van der Waals surface area (Å²) in [7, 11) is 1.61. The molecule has 140 valence electrons. The van der Waals surface area contributed by atoms with Crippen molar-refractivity contribution in [3.63, 3.8) is 0 Å². The highest BCUT2D eigenvalue weighted by atomic mass is 32.1. The summed E-state index contributed by atoms with van der Waals surface area (Å²) in [6.07, 6.45) is 8.65. The number of nitrogens with two attached hydrogens (primary N) is 1. The fraction of sp³-hybridized carbons (Fsp3) is 0.368. The molecule has 1 aliphatic rings. The third kappa shape index (κ3) is 3.50. The second-order valence-electron chi connectivity index (χ2n) is 6.69. The van der Waals surface area contributed by atoms with Crippen molar-refractivity contribution in [2.24, 2.45) is 0 Å². The van der Waals surface area contributed by atoms with E-state index in [1.54, 1.807) is 19.4 Å². The summed E-state index contributed by atoms with van der Waals surface area (Å²) in [5.74, 6) is -0.168. The number of likely N-dealkylation sites (tertiary alicyclic amines) is 1. The maximum Gasteiger partial charge on any atom is 0.263 e. The Labute approximate surface area is 161 Å². The smallest absolute Gasteiger partial charge is 0.263 e. The molecule has 0 saturated carbocycles. The monoisotopic (exact) mass is 382 g/mol. The number of nitrogens with zero attached hydrogens (tertiary/aromatic N) is 4. The van der Waals surface area contributed by atoms with Gasteiger partial charge in [0.15, 0.2) is 0 Å². The summed E-state index contributed by atoms with van der Waals surface area (Å²) in [4.78, 5) is 29.2. The summed E-state index contributed by atoms with van der Waals surface area (Å²) in [6.45, 7) is 1.77. The zero-order valence-electron chi connectivity index (χ0n) is 15.2. The van der Waals surface area contributed by atoms with Crippen LogP contribution in [-0.2, 0) is 6.54 Å². The lowest BCUT2D eigenvalue weighted by Gasteiger charge is -2.35. The van der Waals surface area contributed by atoms with Crippen LogP contribution in [0.2, 0.25) is 0 Å². The molecule has 3 N–H and O–H groups in total. The minimum Gasteiger partial charge on any atom is -0.397 e. The molecule has 1 aliphatic heterocycles. The van der Waals surface area contributed by atoms with Crippen LogP contribution in [0.3, 0.4) is 0 Å². The third-order valence-electron chi connectivity index (χ3n) is 4.99. The molecular weight excluding hydrogens is 360 g/mol. The Morgan fingerprint density at radius 1 is 1.37 bits per heavy atom. The molecule has 8 heteroatoms. The highest BCUT2D eigenvalue weighted by Crippen LogP contribution is 2.36. The summed E-state index contributed by atoms with van der Waals surface area (Å²) >= 11 is 1.35. The van der Waals surface area contributed by atoms with Gasteiger partial charge in [0, 0.05) is 37.6 Å². The van der Waals surface area contributed by atoms with Crippen molar-refractivity contribution >= 4 is 33.1 Å². The molecule has 0 spiro atoms. The van der Waals surface area contributed by atoms with Crippen LogP contribution in [0.5, 0.6) is 0 Å². The normalized spacial score (nSPS) is 17.9. The molecule has 1 atom stereocenters. The number of hydrogen-bond acceptors (Lipinski definition) is 7. The Kier molecular flexibility index (Phi) is 5.00. The van der Waals surface area contributed by atoms with E-state index in [-0.39, 0.29) is 11.9 Å². The summed E-state index contributed by atoms with van der Waals surface area (Å²) in [5.41, 5.74) is 8.65. The molecule has 0 radical (unpaired) electrons. The topological polar surface area (TPSA) is 97.0 Å². The summed E-state index contributed by atoms with van der Waals surface area (Å²) < 4.78 is 0. The first-order chi connectivity index (χ1) is 13.2. The number of anilines is 1. The Balaban J connectivity index is 1.65. The lowest BCUT2D eigenvalue weighted by molar-refractivity contribution is 0.0968. The third-order valence-corrected chi connectivity index (χ3v) is 6.10. The number of nitrogen functional groups attached to an aromatic ring is 1. The second kappa shape index (κ2) is 7.58. The van der Waals surface area contributed by atoms with E-state index in [0.29, 0.717) is 10.6 Å². The maximum absolute atomic E-state index is 12.0. The van der Waals surface area contributed by atoms with Crippen LogP contribution >= 0.6 is 11.3 Å².